The number of nitrogens with one attached hydrogen (secondary N) is 1. The number of nitrogens with two attached hydrogens (primary N) is 1. The number of carbonyl (C=O) groups excluding carboxylic acids is 2. The number of carboxylic acid groups (broad SMARTS) is 1. The van der Waals surface area contributed by atoms with Crippen LogP contribution in [-0.2, 0) is 20.8 Å². The van der Waals surface area contributed by atoms with E-state index in [4.69, 9.17) is 5.73 Å². The molecule has 0 radical (unpaired) electrons. The van der Waals surface area contributed by atoms with Gasteiger partial charge in [0.05, 0.1) is 12.5 Å². The predicted octanol–water partition coefficient (Wildman–Crippen LogP) is 0.317. The van der Waals surface area contributed by atoms with Gasteiger partial charge in [-0.25, -0.2) is 4.79 Å². The average molecular weight is 361 g/mol. The first-order valence-corrected chi connectivity index (χ1v) is 8.97. The summed E-state index contributed by atoms with van der Waals surface area (Å²) in [5.74, 6) is -1.15. The highest BCUT2D eigenvalue weighted by Crippen LogP contribution is 2.43. The maximum Gasteiger partial charge on any atom is 0.353 e. The lowest BCUT2D eigenvalue weighted by Gasteiger charge is -2.43. The monoisotopic (exact) mass is 361 g/mol. The molecule has 1 saturated heterocycles. The van der Waals surface area contributed by atoms with E-state index < -0.39 is 12.0 Å². The van der Waals surface area contributed by atoms with E-state index in [2.05, 4.69) is 5.32 Å². The summed E-state index contributed by atoms with van der Waals surface area (Å²) >= 11 is 1.36. The molecular formula is C17H19N3O4S. The number of nitrogens with zero attached hydrogens (tertiary/aromatic N) is 1. The Balaban J connectivity index is 1.65. The van der Waals surface area contributed by atoms with Crippen LogP contribution >= 0.6 is 11.8 Å². The Labute approximate surface area is 149 Å². The zero-order valence-corrected chi connectivity index (χ0v) is 14.3. The van der Waals surface area contributed by atoms with Crippen LogP contribution in [0.2, 0.25) is 0 Å². The second kappa shape index (κ2) is 7.28. The third-order valence-corrected chi connectivity index (χ3v) is 5.39. The molecule has 1 aromatic rings. The molecule has 0 aliphatic carbocycles. The first kappa shape index (κ1) is 17.5. The maximum atomic E-state index is 12.3. The Morgan fingerprint density at radius 1 is 1.32 bits per heavy atom. The number of rotatable bonds is 7. The molecule has 2 unspecified atom stereocenters. The smallest absolute Gasteiger partial charge is 0.353 e. The fraction of sp³-hybridized carbons (Fsp3) is 0.353. The molecule has 132 valence electrons. The zero-order valence-electron chi connectivity index (χ0n) is 13.5. The van der Waals surface area contributed by atoms with Crippen LogP contribution in [0.3, 0.4) is 0 Å². The number of aliphatic carboxylic acids is 1. The van der Waals surface area contributed by atoms with Gasteiger partial charge in [0.15, 0.2) is 0 Å². The van der Waals surface area contributed by atoms with Crippen LogP contribution in [0.1, 0.15) is 12.0 Å². The van der Waals surface area contributed by atoms with Gasteiger partial charge in [-0.2, -0.15) is 0 Å². The number of amides is 2. The topological polar surface area (TPSA) is 113 Å². The second-order valence-corrected chi connectivity index (χ2v) is 7.09. The van der Waals surface area contributed by atoms with Gasteiger partial charge in [0.1, 0.15) is 11.7 Å². The third-order valence-electron chi connectivity index (χ3n) is 4.24. The standard InChI is InChI=1S/C17H19N3O4S/c18-6-7-25-12-9-11-14(16(22)20(11)15(12)17(23)24)19-13(21)8-10-4-2-1-3-5-10/h1-5,11,14H,6-9,18H2,(H,19,21)(H,23,24). The van der Waals surface area contributed by atoms with E-state index in [0.717, 1.165) is 5.56 Å². The van der Waals surface area contributed by atoms with E-state index in [1.54, 1.807) is 0 Å². The van der Waals surface area contributed by atoms with Gasteiger partial charge in [-0.05, 0) is 5.56 Å². The number of hydrogen-bond acceptors (Lipinski definition) is 5. The van der Waals surface area contributed by atoms with Gasteiger partial charge in [-0.3, -0.25) is 14.5 Å². The van der Waals surface area contributed by atoms with Crippen LogP contribution in [0, 0.1) is 0 Å². The third kappa shape index (κ3) is 3.40. The molecule has 25 heavy (non-hydrogen) atoms. The lowest BCUT2D eigenvalue weighted by Crippen LogP contribution is -2.68. The summed E-state index contributed by atoms with van der Waals surface area (Å²) in [6.07, 6.45) is 0.625. The van der Waals surface area contributed by atoms with Crippen LogP contribution in [0.15, 0.2) is 40.9 Å². The minimum atomic E-state index is -1.12. The van der Waals surface area contributed by atoms with Crippen molar-refractivity contribution in [3.63, 3.8) is 0 Å². The first-order chi connectivity index (χ1) is 12.0. The Bertz CT molecular complexity index is 735. The normalized spacial score (nSPS) is 21.8. The molecule has 2 aliphatic heterocycles. The van der Waals surface area contributed by atoms with Gasteiger partial charge in [0.25, 0.3) is 5.91 Å². The number of fused-ring (bicyclic) bond motifs is 1. The van der Waals surface area contributed by atoms with Crippen LogP contribution in [-0.4, -0.2) is 52.2 Å². The van der Waals surface area contributed by atoms with E-state index in [1.807, 2.05) is 30.3 Å². The molecule has 2 aliphatic rings. The van der Waals surface area contributed by atoms with E-state index in [0.29, 0.717) is 23.6 Å². The molecule has 4 N–H and O–H groups in total. The molecule has 8 heteroatoms. The van der Waals surface area contributed by atoms with E-state index in [-0.39, 0.29) is 30.0 Å². The largest absolute Gasteiger partial charge is 0.477 e. The quantitative estimate of drug-likeness (QED) is 0.603. The maximum absolute atomic E-state index is 12.3. The molecule has 2 amide bonds. The second-order valence-electron chi connectivity index (χ2n) is 5.90. The van der Waals surface area contributed by atoms with Gasteiger partial charge in [-0.1, -0.05) is 30.3 Å². The van der Waals surface area contributed by atoms with Crippen LogP contribution in [0.5, 0.6) is 0 Å². The van der Waals surface area contributed by atoms with E-state index in [1.165, 1.54) is 16.7 Å². The summed E-state index contributed by atoms with van der Waals surface area (Å²) in [5, 5.41) is 12.1. The molecule has 0 saturated carbocycles. The fourth-order valence-electron chi connectivity index (χ4n) is 3.15. The molecular weight excluding hydrogens is 342 g/mol. The molecule has 7 nitrogen and oxygen atoms in total. The van der Waals surface area contributed by atoms with Crippen molar-refractivity contribution in [1.29, 1.82) is 0 Å². The van der Waals surface area contributed by atoms with E-state index in [9.17, 15) is 19.5 Å². The lowest BCUT2D eigenvalue weighted by molar-refractivity contribution is -0.152. The molecule has 0 bridgehead atoms. The predicted molar refractivity (Wildman–Crippen MR) is 93.5 cm³/mol. The Kier molecular flexibility index (Phi) is 5.10. The summed E-state index contributed by atoms with van der Waals surface area (Å²) in [4.78, 5) is 38.0. The number of β-lactam (4-membered cyclic amide) rings is 1. The van der Waals surface area contributed by atoms with Gasteiger partial charge in [0.2, 0.25) is 5.91 Å². The molecule has 0 aromatic heterocycles. The van der Waals surface area contributed by atoms with Crippen molar-refractivity contribution in [1.82, 2.24) is 10.2 Å². The number of benzene rings is 1. The molecule has 3 rings (SSSR count). The number of thioether (sulfide) groups is 1. The highest BCUT2D eigenvalue weighted by Gasteiger charge is 2.55. The zero-order chi connectivity index (χ0) is 18.0. The number of carboxylic acids is 1. The van der Waals surface area contributed by atoms with Crippen molar-refractivity contribution in [3.8, 4) is 0 Å². The minimum Gasteiger partial charge on any atom is -0.477 e. The van der Waals surface area contributed by atoms with Gasteiger partial charge < -0.3 is 16.2 Å². The van der Waals surface area contributed by atoms with Gasteiger partial charge >= 0.3 is 5.97 Å². The van der Waals surface area contributed by atoms with Crippen molar-refractivity contribution in [2.75, 3.05) is 12.3 Å². The number of hydrogen-bond donors (Lipinski definition) is 3. The average Bonchev–Trinajstić information content (AvgIpc) is 2.94. The van der Waals surface area contributed by atoms with Crippen LogP contribution in [0.4, 0.5) is 0 Å². The highest BCUT2D eigenvalue weighted by atomic mass is 32.2. The summed E-state index contributed by atoms with van der Waals surface area (Å²) in [7, 11) is 0. The van der Waals surface area contributed by atoms with Crippen molar-refractivity contribution in [2.24, 2.45) is 5.73 Å². The van der Waals surface area contributed by atoms with Crippen LogP contribution < -0.4 is 11.1 Å². The molecule has 1 fully saturated rings. The van der Waals surface area contributed by atoms with Crippen molar-refractivity contribution >= 4 is 29.5 Å². The molecule has 2 atom stereocenters. The Morgan fingerprint density at radius 3 is 2.68 bits per heavy atom. The summed E-state index contributed by atoms with van der Waals surface area (Å²) in [6.45, 7) is 0.427. The molecule has 1 aromatic carbocycles. The molecule has 2 heterocycles. The summed E-state index contributed by atoms with van der Waals surface area (Å²) < 4.78 is 0. The molecule has 0 spiro atoms. The Hall–Kier alpha value is -2.32. The lowest BCUT2D eigenvalue weighted by atomic mass is 9.95. The summed E-state index contributed by atoms with van der Waals surface area (Å²) in [5.41, 5.74) is 6.37. The van der Waals surface area contributed by atoms with Crippen molar-refractivity contribution in [2.45, 2.75) is 24.9 Å². The highest BCUT2D eigenvalue weighted by molar-refractivity contribution is 8.03. The Morgan fingerprint density at radius 2 is 2.04 bits per heavy atom. The minimum absolute atomic E-state index is 0.0296. The number of carbonyl (C=O) groups is 3. The van der Waals surface area contributed by atoms with Crippen molar-refractivity contribution < 1.29 is 19.5 Å². The fourth-order valence-corrected chi connectivity index (χ4v) is 4.12. The SMILES string of the molecule is NCCSC1=C(C(=O)O)N2C(=O)C(NC(=O)Cc3ccccc3)C2C1. The van der Waals surface area contributed by atoms with Gasteiger partial charge in [0, 0.05) is 23.6 Å². The van der Waals surface area contributed by atoms with Crippen molar-refractivity contribution in [3.05, 3.63) is 46.5 Å². The van der Waals surface area contributed by atoms with E-state index >= 15 is 0 Å². The van der Waals surface area contributed by atoms with Crippen LogP contribution in [0.25, 0.3) is 0 Å². The first-order valence-electron chi connectivity index (χ1n) is 7.98. The summed E-state index contributed by atoms with van der Waals surface area (Å²) in [6, 6.07) is 8.26. The van der Waals surface area contributed by atoms with Gasteiger partial charge in [-0.15, -0.1) is 11.8 Å².